The van der Waals surface area contributed by atoms with E-state index in [0.29, 0.717) is 11.4 Å². The molecule has 0 heterocycles. The lowest BCUT2D eigenvalue weighted by atomic mass is 9.87. The zero-order chi connectivity index (χ0) is 14.8. The zero-order valence-corrected chi connectivity index (χ0v) is 11.9. The topological polar surface area (TPSA) is 41.5 Å². The van der Waals surface area contributed by atoms with Gasteiger partial charge in [-0.25, -0.2) is 4.39 Å². The van der Waals surface area contributed by atoms with E-state index in [1.54, 1.807) is 31.4 Å². The molecule has 1 aliphatic carbocycles. The van der Waals surface area contributed by atoms with E-state index in [0.717, 1.165) is 24.8 Å². The molecule has 0 saturated heterocycles. The number of fused-ring (bicyclic) bond motifs is 1. The summed E-state index contributed by atoms with van der Waals surface area (Å²) in [6.07, 6.45) is 2.95. The van der Waals surface area contributed by atoms with Gasteiger partial charge in [-0.05, 0) is 54.7 Å². The molecule has 2 aromatic rings. The van der Waals surface area contributed by atoms with Gasteiger partial charge in [0.1, 0.15) is 17.3 Å². The van der Waals surface area contributed by atoms with Crippen molar-refractivity contribution in [1.29, 1.82) is 0 Å². The van der Waals surface area contributed by atoms with Crippen molar-refractivity contribution >= 4 is 5.69 Å². The zero-order valence-electron chi connectivity index (χ0n) is 11.9. The van der Waals surface area contributed by atoms with Crippen LogP contribution in [0.15, 0.2) is 36.4 Å². The highest BCUT2D eigenvalue weighted by molar-refractivity contribution is 5.52. The molecule has 1 atom stereocenters. The number of anilines is 1. The summed E-state index contributed by atoms with van der Waals surface area (Å²) in [5, 5.41) is 12.9. The Balaban J connectivity index is 1.91. The number of halogens is 1. The molecule has 0 fully saturated rings. The second-order valence-corrected chi connectivity index (χ2v) is 5.32. The molecule has 3 rings (SSSR count). The molecule has 0 aliphatic heterocycles. The van der Waals surface area contributed by atoms with Gasteiger partial charge in [0.05, 0.1) is 18.8 Å². The second kappa shape index (κ2) is 5.64. The molecular formula is C17H18FNO2. The number of aromatic hydroxyl groups is 1. The molecule has 2 aromatic carbocycles. The lowest BCUT2D eigenvalue weighted by Crippen LogP contribution is -2.18. The van der Waals surface area contributed by atoms with Crippen molar-refractivity contribution in [3.05, 3.63) is 53.3 Å². The highest BCUT2D eigenvalue weighted by atomic mass is 19.1. The van der Waals surface area contributed by atoms with E-state index in [1.165, 1.54) is 11.6 Å². The van der Waals surface area contributed by atoms with Gasteiger partial charge in [-0.3, -0.25) is 0 Å². The molecule has 1 unspecified atom stereocenters. The Morgan fingerprint density at radius 1 is 1.24 bits per heavy atom. The fourth-order valence-corrected chi connectivity index (χ4v) is 2.87. The van der Waals surface area contributed by atoms with Gasteiger partial charge in [0.15, 0.2) is 0 Å². The van der Waals surface area contributed by atoms with Crippen LogP contribution in [-0.4, -0.2) is 12.2 Å². The fourth-order valence-electron chi connectivity index (χ4n) is 2.87. The van der Waals surface area contributed by atoms with Crippen molar-refractivity contribution in [2.45, 2.75) is 25.3 Å². The van der Waals surface area contributed by atoms with Crippen LogP contribution in [0.4, 0.5) is 10.1 Å². The summed E-state index contributed by atoms with van der Waals surface area (Å²) >= 11 is 0. The number of phenols is 1. The third-order valence-electron chi connectivity index (χ3n) is 3.95. The first-order valence-electron chi connectivity index (χ1n) is 7.09. The molecule has 0 aromatic heterocycles. The highest BCUT2D eigenvalue weighted by Gasteiger charge is 2.21. The number of nitrogens with one attached hydrogen (secondary N) is 1. The molecule has 0 radical (unpaired) electrons. The van der Waals surface area contributed by atoms with Crippen LogP contribution < -0.4 is 10.1 Å². The number of benzene rings is 2. The van der Waals surface area contributed by atoms with Gasteiger partial charge in [-0.1, -0.05) is 6.07 Å². The minimum atomic E-state index is -0.303. The van der Waals surface area contributed by atoms with E-state index in [4.69, 9.17) is 4.74 Å². The largest absolute Gasteiger partial charge is 0.508 e. The number of rotatable bonds is 3. The Morgan fingerprint density at radius 3 is 2.90 bits per heavy atom. The maximum Gasteiger partial charge on any atom is 0.146 e. The Kier molecular flexibility index (Phi) is 3.69. The molecule has 110 valence electrons. The third-order valence-corrected chi connectivity index (χ3v) is 3.95. The van der Waals surface area contributed by atoms with Crippen molar-refractivity contribution < 1.29 is 14.2 Å². The van der Waals surface area contributed by atoms with E-state index in [1.807, 2.05) is 6.07 Å². The summed E-state index contributed by atoms with van der Waals surface area (Å²) in [7, 11) is 1.56. The molecule has 2 N–H and O–H groups in total. The first kappa shape index (κ1) is 13.7. The van der Waals surface area contributed by atoms with Crippen LogP contribution >= 0.6 is 0 Å². The number of aryl methyl sites for hydroxylation is 1. The summed E-state index contributed by atoms with van der Waals surface area (Å²) in [6, 6.07) is 10.1. The van der Waals surface area contributed by atoms with Crippen molar-refractivity contribution in [3.63, 3.8) is 0 Å². The smallest absolute Gasteiger partial charge is 0.146 e. The Labute approximate surface area is 123 Å². The Morgan fingerprint density at radius 2 is 2.10 bits per heavy atom. The van der Waals surface area contributed by atoms with Crippen LogP contribution in [0.2, 0.25) is 0 Å². The van der Waals surface area contributed by atoms with Crippen molar-refractivity contribution in [3.8, 4) is 11.5 Å². The van der Waals surface area contributed by atoms with Crippen LogP contribution in [0.5, 0.6) is 11.5 Å². The SMILES string of the molecule is COc1ccc(F)c(NC2CCCc3ccc(O)cc32)c1. The summed E-state index contributed by atoms with van der Waals surface area (Å²) in [6.45, 7) is 0. The molecular weight excluding hydrogens is 269 g/mol. The molecule has 4 heteroatoms. The number of hydrogen-bond acceptors (Lipinski definition) is 3. The van der Waals surface area contributed by atoms with Crippen LogP contribution in [0, 0.1) is 5.82 Å². The normalized spacial score (nSPS) is 17.1. The van der Waals surface area contributed by atoms with Gasteiger partial charge in [-0.2, -0.15) is 0 Å². The molecule has 0 bridgehead atoms. The van der Waals surface area contributed by atoms with Crippen molar-refractivity contribution in [2.24, 2.45) is 0 Å². The summed E-state index contributed by atoms with van der Waals surface area (Å²) < 4.78 is 19.1. The first-order valence-corrected chi connectivity index (χ1v) is 7.09. The number of ether oxygens (including phenoxy) is 1. The summed E-state index contributed by atoms with van der Waals surface area (Å²) in [4.78, 5) is 0. The average Bonchev–Trinajstić information content (AvgIpc) is 2.50. The molecule has 21 heavy (non-hydrogen) atoms. The highest BCUT2D eigenvalue weighted by Crippen LogP contribution is 2.35. The van der Waals surface area contributed by atoms with Gasteiger partial charge in [-0.15, -0.1) is 0 Å². The predicted octanol–water partition coefficient (Wildman–Crippen LogP) is 4.03. The van der Waals surface area contributed by atoms with Gasteiger partial charge >= 0.3 is 0 Å². The lowest BCUT2D eigenvalue weighted by molar-refractivity contribution is 0.414. The van der Waals surface area contributed by atoms with E-state index in [-0.39, 0.29) is 17.6 Å². The Bertz CT molecular complexity index is 657. The maximum absolute atomic E-state index is 13.9. The van der Waals surface area contributed by atoms with E-state index in [2.05, 4.69) is 5.32 Å². The quantitative estimate of drug-likeness (QED) is 0.895. The summed E-state index contributed by atoms with van der Waals surface area (Å²) in [5.74, 6) is 0.558. The van der Waals surface area contributed by atoms with Crippen LogP contribution in [0.1, 0.15) is 30.0 Å². The van der Waals surface area contributed by atoms with Crippen molar-refractivity contribution in [1.82, 2.24) is 0 Å². The lowest BCUT2D eigenvalue weighted by Gasteiger charge is -2.27. The van der Waals surface area contributed by atoms with Crippen LogP contribution in [0.3, 0.4) is 0 Å². The molecule has 0 saturated carbocycles. The predicted molar refractivity (Wildman–Crippen MR) is 80.4 cm³/mol. The average molecular weight is 287 g/mol. The third kappa shape index (κ3) is 2.79. The molecule has 1 aliphatic rings. The van der Waals surface area contributed by atoms with Gasteiger partial charge in [0.2, 0.25) is 0 Å². The fraction of sp³-hybridized carbons (Fsp3) is 0.294. The van der Waals surface area contributed by atoms with E-state index < -0.39 is 0 Å². The van der Waals surface area contributed by atoms with Crippen LogP contribution in [0.25, 0.3) is 0 Å². The number of hydrogen-bond donors (Lipinski definition) is 2. The minimum absolute atomic E-state index is 0.00227. The van der Waals surface area contributed by atoms with E-state index >= 15 is 0 Å². The van der Waals surface area contributed by atoms with E-state index in [9.17, 15) is 9.50 Å². The van der Waals surface area contributed by atoms with Gasteiger partial charge < -0.3 is 15.2 Å². The van der Waals surface area contributed by atoms with Gasteiger partial charge in [0.25, 0.3) is 0 Å². The standard InChI is InChI=1S/C17H18FNO2/c1-21-13-7-8-15(18)17(10-13)19-16-4-2-3-11-5-6-12(20)9-14(11)16/h5-10,16,19-20H,2-4H2,1H3. The van der Waals surface area contributed by atoms with Gasteiger partial charge in [0, 0.05) is 6.07 Å². The number of methoxy groups -OCH3 is 1. The first-order chi connectivity index (χ1) is 10.2. The summed E-state index contributed by atoms with van der Waals surface area (Å²) in [5.41, 5.74) is 2.68. The Hall–Kier alpha value is -2.23. The van der Waals surface area contributed by atoms with Crippen LogP contribution in [-0.2, 0) is 6.42 Å². The monoisotopic (exact) mass is 287 g/mol. The van der Waals surface area contributed by atoms with Crippen molar-refractivity contribution in [2.75, 3.05) is 12.4 Å². The molecule has 0 amide bonds. The molecule has 0 spiro atoms. The molecule has 3 nitrogen and oxygen atoms in total. The number of phenolic OH excluding ortho intramolecular Hbond substituents is 1. The maximum atomic E-state index is 13.9. The second-order valence-electron chi connectivity index (χ2n) is 5.32. The minimum Gasteiger partial charge on any atom is -0.508 e.